The number of hydrazone groups is 1. The molecule has 1 amide bonds. The SMILES string of the molecule is O=C(N/N=C/c1cccc(Br)c1)c1cccc(-n2cnc3sc4c(c3c2=O)CCCC4)c1. The quantitative estimate of drug-likeness (QED) is 0.317. The number of rotatable bonds is 4. The number of fused-ring (bicyclic) bond motifs is 3. The first-order valence-electron chi connectivity index (χ1n) is 10.3. The van der Waals surface area contributed by atoms with Crippen LogP contribution in [0.4, 0.5) is 0 Å². The van der Waals surface area contributed by atoms with E-state index >= 15 is 0 Å². The number of hydrogen-bond acceptors (Lipinski definition) is 5. The van der Waals surface area contributed by atoms with Crippen LogP contribution in [0.2, 0.25) is 0 Å². The molecule has 0 radical (unpaired) electrons. The summed E-state index contributed by atoms with van der Waals surface area (Å²) in [5, 5.41) is 4.76. The second-order valence-corrected chi connectivity index (χ2v) is 9.61. The topological polar surface area (TPSA) is 76.3 Å². The highest BCUT2D eigenvalue weighted by atomic mass is 79.9. The molecule has 0 spiro atoms. The van der Waals surface area contributed by atoms with Gasteiger partial charge in [0.1, 0.15) is 11.2 Å². The Morgan fingerprint density at radius 1 is 1.16 bits per heavy atom. The van der Waals surface area contributed by atoms with Crippen molar-refractivity contribution in [2.75, 3.05) is 0 Å². The molecule has 0 fully saturated rings. The van der Waals surface area contributed by atoms with Gasteiger partial charge in [-0.15, -0.1) is 11.3 Å². The van der Waals surface area contributed by atoms with Crippen LogP contribution < -0.4 is 11.0 Å². The summed E-state index contributed by atoms with van der Waals surface area (Å²) in [6, 6.07) is 14.5. The van der Waals surface area contributed by atoms with Crippen LogP contribution in [0.3, 0.4) is 0 Å². The number of carbonyl (C=O) groups is 1. The molecule has 32 heavy (non-hydrogen) atoms. The summed E-state index contributed by atoms with van der Waals surface area (Å²) in [5.41, 5.74) is 5.48. The maximum Gasteiger partial charge on any atom is 0.271 e. The second-order valence-electron chi connectivity index (χ2n) is 7.62. The highest BCUT2D eigenvalue weighted by Gasteiger charge is 2.20. The third-order valence-electron chi connectivity index (χ3n) is 5.49. The van der Waals surface area contributed by atoms with Crippen molar-refractivity contribution in [1.82, 2.24) is 15.0 Å². The van der Waals surface area contributed by atoms with Crippen LogP contribution in [0.15, 0.2) is 69.2 Å². The highest BCUT2D eigenvalue weighted by molar-refractivity contribution is 9.10. The van der Waals surface area contributed by atoms with Crippen LogP contribution in [0.25, 0.3) is 15.9 Å². The van der Waals surface area contributed by atoms with E-state index in [1.54, 1.807) is 48.1 Å². The number of aromatic nitrogens is 2. The number of carbonyl (C=O) groups excluding carboxylic acids is 1. The third-order valence-corrected chi connectivity index (χ3v) is 7.18. The van der Waals surface area contributed by atoms with Gasteiger partial charge < -0.3 is 0 Å². The van der Waals surface area contributed by atoms with Crippen molar-refractivity contribution < 1.29 is 4.79 Å². The molecule has 2 aromatic heterocycles. The number of nitrogens with one attached hydrogen (secondary N) is 1. The molecular weight excluding hydrogens is 488 g/mol. The van der Waals surface area contributed by atoms with Gasteiger partial charge in [-0.2, -0.15) is 5.10 Å². The predicted molar refractivity (Wildman–Crippen MR) is 131 cm³/mol. The molecule has 0 atom stereocenters. The molecule has 1 N–H and O–H groups in total. The number of nitrogens with zero attached hydrogens (tertiary/aromatic N) is 3. The summed E-state index contributed by atoms with van der Waals surface area (Å²) in [5.74, 6) is -0.354. The molecule has 8 heteroatoms. The molecule has 2 heterocycles. The van der Waals surface area contributed by atoms with E-state index in [0.717, 1.165) is 51.5 Å². The van der Waals surface area contributed by atoms with E-state index in [2.05, 4.69) is 31.4 Å². The monoisotopic (exact) mass is 506 g/mol. The van der Waals surface area contributed by atoms with E-state index in [0.29, 0.717) is 11.3 Å². The van der Waals surface area contributed by atoms with Crippen LogP contribution in [0, 0.1) is 0 Å². The summed E-state index contributed by atoms with van der Waals surface area (Å²) in [6.45, 7) is 0. The number of aryl methyl sites for hydroxylation is 2. The Balaban J connectivity index is 1.42. The molecule has 1 aliphatic carbocycles. The number of thiophene rings is 1. The molecule has 0 aliphatic heterocycles. The Labute approximate surface area is 196 Å². The second kappa shape index (κ2) is 8.80. The van der Waals surface area contributed by atoms with Gasteiger partial charge in [0.2, 0.25) is 0 Å². The lowest BCUT2D eigenvalue weighted by molar-refractivity contribution is 0.0955. The van der Waals surface area contributed by atoms with E-state index < -0.39 is 0 Å². The predicted octanol–water partition coefficient (Wildman–Crippen LogP) is 4.85. The lowest BCUT2D eigenvalue weighted by atomic mass is 9.97. The summed E-state index contributed by atoms with van der Waals surface area (Å²) in [4.78, 5) is 32.5. The van der Waals surface area contributed by atoms with Gasteiger partial charge in [-0.3, -0.25) is 14.2 Å². The largest absolute Gasteiger partial charge is 0.271 e. The Hall–Kier alpha value is -3.10. The van der Waals surface area contributed by atoms with Gasteiger partial charge in [-0.05, 0) is 67.1 Å². The molecule has 0 unspecified atom stereocenters. The van der Waals surface area contributed by atoms with E-state index in [1.165, 1.54) is 9.44 Å². The molecule has 2 aromatic carbocycles. The average molecular weight is 507 g/mol. The van der Waals surface area contributed by atoms with Crippen LogP contribution >= 0.6 is 27.3 Å². The Morgan fingerprint density at radius 2 is 2.00 bits per heavy atom. The first-order valence-corrected chi connectivity index (χ1v) is 11.9. The normalized spacial score (nSPS) is 13.4. The first kappa shape index (κ1) is 20.8. The fourth-order valence-corrected chi connectivity index (χ4v) is 5.58. The molecule has 4 aromatic rings. The van der Waals surface area contributed by atoms with E-state index in [9.17, 15) is 9.59 Å². The lowest BCUT2D eigenvalue weighted by Gasteiger charge is -2.11. The summed E-state index contributed by atoms with van der Waals surface area (Å²) in [6.07, 6.45) is 7.34. The van der Waals surface area contributed by atoms with Crippen LogP contribution in [-0.4, -0.2) is 21.7 Å². The summed E-state index contributed by atoms with van der Waals surface area (Å²) in [7, 11) is 0. The van der Waals surface area contributed by atoms with Crippen LogP contribution in [-0.2, 0) is 12.8 Å². The zero-order valence-corrected chi connectivity index (χ0v) is 19.4. The minimum absolute atomic E-state index is 0.0837. The van der Waals surface area contributed by atoms with Crippen molar-refractivity contribution in [3.8, 4) is 5.69 Å². The maximum absolute atomic E-state index is 13.3. The zero-order valence-electron chi connectivity index (χ0n) is 17.0. The maximum atomic E-state index is 13.3. The molecule has 1 aliphatic rings. The molecule has 5 rings (SSSR count). The molecular formula is C24H19BrN4O2S. The summed E-state index contributed by atoms with van der Waals surface area (Å²) < 4.78 is 2.45. The average Bonchev–Trinajstić information content (AvgIpc) is 3.19. The van der Waals surface area contributed by atoms with Gasteiger partial charge in [0.15, 0.2) is 0 Å². The lowest BCUT2D eigenvalue weighted by Crippen LogP contribution is -2.21. The molecule has 0 saturated carbocycles. The van der Waals surface area contributed by atoms with Crippen molar-refractivity contribution >= 4 is 49.6 Å². The number of benzene rings is 2. The van der Waals surface area contributed by atoms with Gasteiger partial charge in [0.05, 0.1) is 17.3 Å². The van der Waals surface area contributed by atoms with Crippen LogP contribution in [0.1, 0.15) is 39.2 Å². The Morgan fingerprint density at radius 3 is 2.88 bits per heavy atom. The van der Waals surface area contributed by atoms with E-state index in [-0.39, 0.29) is 11.5 Å². The number of amides is 1. The van der Waals surface area contributed by atoms with Crippen molar-refractivity contribution in [2.24, 2.45) is 5.10 Å². The number of hydrogen-bond donors (Lipinski definition) is 1. The fraction of sp³-hybridized carbons (Fsp3) is 0.167. The van der Waals surface area contributed by atoms with Gasteiger partial charge in [-0.25, -0.2) is 10.4 Å². The minimum atomic E-state index is -0.354. The molecule has 6 nitrogen and oxygen atoms in total. The smallest absolute Gasteiger partial charge is 0.268 e. The third kappa shape index (κ3) is 4.03. The van der Waals surface area contributed by atoms with E-state index in [1.807, 2.05) is 24.3 Å². The molecule has 0 bridgehead atoms. The van der Waals surface area contributed by atoms with E-state index in [4.69, 9.17) is 0 Å². The van der Waals surface area contributed by atoms with Crippen molar-refractivity contribution in [1.29, 1.82) is 0 Å². The van der Waals surface area contributed by atoms with Gasteiger partial charge in [0.25, 0.3) is 11.5 Å². The zero-order chi connectivity index (χ0) is 22.1. The van der Waals surface area contributed by atoms with Gasteiger partial charge in [0, 0.05) is 14.9 Å². The van der Waals surface area contributed by atoms with Gasteiger partial charge in [-0.1, -0.05) is 34.1 Å². The van der Waals surface area contributed by atoms with Crippen molar-refractivity contribution in [2.45, 2.75) is 25.7 Å². The minimum Gasteiger partial charge on any atom is -0.268 e. The first-order chi connectivity index (χ1) is 15.6. The van der Waals surface area contributed by atoms with Crippen molar-refractivity contribution in [3.63, 3.8) is 0 Å². The molecule has 0 saturated heterocycles. The number of halogens is 1. The fourth-order valence-electron chi connectivity index (χ4n) is 3.94. The Bertz CT molecular complexity index is 1420. The van der Waals surface area contributed by atoms with Crippen LogP contribution in [0.5, 0.6) is 0 Å². The van der Waals surface area contributed by atoms with Crippen molar-refractivity contribution in [3.05, 3.63) is 91.3 Å². The summed E-state index contributed by atoms with van der Waals surface area (Å²) >= 11 is 5.03. The molecule has 160 valence electrons. The standard InChI is InChI=1S/C24H19BrN4O2S/c25-17-7-3-5-15(11-17)13-27-28-22(30)16-6-4-8-18(12-16)29-14-26-23-21(24(29)31)19-9-1-2-10-20(19)32-23/h3-8,11-14H,1-2,9-10H2,(H,28,30)/b27-13+. The van der Waals surface area contributed by atoms with Gasteiger partial charge >= 0.3 is 0 Å². The highest BCUT2D eigenvalue weighted by Crippen LogP contribution is 2.33. The Kier molecular flexibility index (Phi) is 5.71.